The maximum absolute atomic E-state index is 9.50. The summed E-state index contributed by atoms with van der Waals surface area (Å²) in [6, 6.07) is 12.2. The fourth-order valence-electron chi connectivity index (χ4n) is 2.09. The van der Waals surface area contributed by atoms with Crippen LogP contribution in [0.1, 0.15) is 38.2 Å². The van der Waals surface area contributed by atoms with E-state index in [2.05, 4.69) is 18.3 Å². The molecule has 1 atom stereocenters. The van der Waals surface area contributed by atoms with E-state index in [1.807, 2.05) is 37.4 Å². The van der Waals surface area contributed by atoms with Crippen LogP contribution in [0.3, 0.4) is 0 Å². The van der Waals surface area contributed by atoms with Gasteiger partial charge in [0.05, 0.1) is 6.07 Å². The number of unbranched alkanes of at least 4 members (excludes halogenated alkanes) is 2. The number of benzene rings is 1. The molecule has 0 bridgehead atoms. The van der Waals surface area contributed by atoms with Crippen molar-refractivity contribution in [3.05, 3.63) is 35.9 Å². The van der Waals surface area contributed by atoms with E-state index in [1.54, 1.807) is 0 Å². The number of hydrogen-bond donors (Lipinski definition) is 1. The standard InChI is InChI=1S/C16H24N2O/c1-3-4-8-12-19-13-11-16(14-17,18-2)15-9-6-5-7-10-15/h5-7,9-10,18H,3-4,8,11-13H2,1-2H3. The molecule has 0 radical (unpaired) electrons. The molecule has 0 aromatic heterocycles. The van der Waals surface area contributed by atoms with Gasteiger partial charge >= 0.3 is 0 Å². The number of nitrogens with zero attached hydrogens (tertiary/aromatic N) is 1. The Morgan fingerprint density at radius 3 is 2.53 bits per heavy atom. The Morgan fingerprint density at radius 2 is 1.95 bits per heavy atom. The zero-order valence-corrected chi connectivity index (χ0v) is 12.0. The lowest BCUT2D eigenvalue weighted by molar-refractivity contribution is 0.113. The zero-order valence-electron chi connectivity index (χ0n) is 12.0. The third-order valence-electron chi connectivity index (χ3n) is 3.40. The van der Waals surface area contributed by atoms with Gasteiger partial charge in [-0.2, -0.15) is 5.26 Å². The van der Waals surface area contributed by atoms with Crippen molar-refractivity contribution in [1.82, 2.24) is 5.32 Å². The number of rotatable bonds is 9. The van der Waals surface area contributed by atoms with Crippen LogP contribution in [0.2, 0.25) is 0 Å². The summed E-state index contributed by atoms with van der Waals surface area (Å²) in [7, 11) is 1.83. The lowest BCUT2D eigenvalue weighted by Gasteiger charge is -2.26. The first-order valence-electron chi connectivity index (χ1n) is 7.02. The quantitative estimate of drug-likeness (QED) is 0.693. The van der Waals surface area contributed by atoms with E-state index in [4.69, 9.17) is 4.74 Å². The van der Waals surface area contributed by atoms with Crippen LogP contribution in [0.4, 0.5) is 0 Å². The fraction of sp³-hybridized carbons (Fsp3) is 0.562. The van der Waals surface area contributed by atoms with E-state index in [0.29, 0.717) is 13.0 Å². The molecule has 104 valence electrons. The first kappa shape index (κ1) is 15.7. The molecule has 0 saturated carbocycles. The van der Waals surface area contributed by atoms with Crippen molar-refractivity contribution < 1.29 is 4.74 Å². The largest absolute Gasteiger partial charge is 0.381 e. The minimum Gasteiger partial charge on any atom is -0.381 e. The van der Waals surface area contributed by atoms with Crippen LogP contribution in [0.15, 0.2) is 30.3 Å². The highest BCUT2D eigenvalue weighted by molar-refractivity contribution is 5.31. The maximum Gasteiger partial charge on any atom is 0.134 e. The monoisotopic (exact) mass is 260 g/mol. The lowest BCUT2D eigenvalue weighted by Crippen LogP contribution is -2.39. The van der Waals surface area contributed by atoms with Crippen molar-refractivity contribution in [2.24, 2.45) is 0 Å². The molecule has 1 rings (SSSR count). The molecule has 19 heavy (non-hydrogen) atoms. The summed E-state index contributed by atoms with van der Waals surface area (Å²) in [5.74, 6) is 0. The normalized spacial score (nSPS) is 13.7. The Morgan fingerprint density at radius 1 is 1.21 bits per heavy atom. The van der Waals surface area contributed by atoms with Crippen molar-refractivity contribution in [3.63, 3.8) is 0 Å². The third-order valence-corrected chi connectivity index (χ3v) is 3.40. The van der Waals surface area contributed by atoms with Crippen molar-refractivity contribution in [1.29, 1.82) is 5.26 Å². The second-order valence-electron chi connectivity index (χ2n) is 4.70. The van der Waals surface area contributed by atoms with E-state index in [0.717, 1.165) is 18.6 Å². The molecular formula is C16H24N2O. The second kappa shape index (κ2) is 8.68. The topological polar surface area (TPSA) is 45.0 Å². The lowest BCUT2D eigenvalue weighted by atomic mass is 9.88. The van der Waals surface area contributed by atoms with E-state index in [-0.39, 0.29) is 0 Å². The Labute approximate surface area is 116 Å². The Balaban J connectivity index is 2.52. The van der Waals surface area contributed by atoms with Gasteiger partial charge in [0.2, 0.25) is 0 Å². The highest BCUT2D eigenvalue weighted by Gasteiger charge is 2.29. The Bertz CT molecular complexity index is 385. The highest BCUT2D eigenvalue weighted by atomic mass is 16.5. The van der Waals surface area contributed by atoms with Gasteiger partial charge < -0.3 is 4.74 Å². The van der Waals surface area contributed by atoms with Gasteiger partial charge in [-0.05, 0) is 19.0 Å². The molecule has 0 spiro atoms. The van der Waals surface area contributed by atoms with Crippen molar-refractivity contribution in [3.8, 4) is 6.07 Å². The number of ether oxygens (including phenoxy) is 1. The van der Waals surface area contributed by atoms with Crippen LogP contribution in [-0.2, 0) is 10.3 Å². The summed E-state index contributed by atoms with van der Waals surface area (Å²) in [6.45, 7) is 3.57. The van der Waals surface area contributed by atoms with E-state index < -0.39 is 5.54 Å². The molecule has 1 aromatic rings. The molecule has 3 heteroatoms. The van der Waals surface area contributed by atoms with E-state index in [1.165, 1.54) is 12.8 Å². The van der Waals surface area contributed by atoms with E-state index >= 15 is 0 Å². The van der Waals surface area contributed by atoms with Gasteiger partial charge in [0, 0.05) is 19.6 Å². The van der Waals surface area contributed by atoms with Crippen molar-refractivity contribution in [2.45, 2.75) is 38.1 Å². The average molecular weight is 260 g/mol. The molecule has 0 saturated heterocycles. The second-order valence-corrected chi connectivity index (χ2v) is 4.70. The van der Waals surface area contributed by atoms with Crippen LogP contribution in [0.25, 0.3) is 0 Å². The summed E-state index contributed by atoms with van der Waals surface area (Å²) in [6.07, 6.45) is 4.16. The highest BCUT2D eigenvalue weighted by Crippen LogP contribution is 2.23. The van der Waals surface area contributed by atoms with Gasteiger partial charge in [-0.15, -0.1) is 0 Å². The molecule has 1 N–H and O–H groups in total. The van der Waals surface area contributed by atoms with E-state index in [9.17, 15) is 5.26 Å². The summed E-state index contributed by atoms with van der Waals surface area (Å²) < 4.78 is 5.63. The van der Waals surface area contributed by atoms with Crippen LogP contribution in [0, 0.1) is 11.3 Å². The van der Waals surface area contributed by atoms with Crippen molar-refractivity contribution in [2.75, 3.05) is 20.3 Å². The number of hydrogen-bond acceptors (Lipinski definition) is 3. The number of nitriles is 1. The zero-order chi connectivity index (χ0) is 14.0. The molecule has 0 aliphatic rings. The van der Waals surface area contributed by atoms with Crippen LogP contribution in [-0.4, -0.2) is 20.3 Å². The van der Waals surface area contributed by atoms with Gasteiger partial charge in [-0.25, -0.2) is 0 Å². The van der Waals surface area contributed by atoms with Gasteiger partial charge in [0.15, 0.2) is 0 Å². The fourth-order valence-corrected chi connectivity index (χ4v) is 2.09. The van der Waals surface area contributed by atoms with Crippen LogP contribution in [0.5, 0.6) is 0 Å². The minimum atomic E-state index is -0.647. The van der Waals surface area contributed by atoms with Gasteiger partial charge in [0.25, 0.3) is 0 Å². The summed E-state index contributed by atoms with van der Waals surface area (Å²) in [5, 5.41) is 12.6. The molecule has 1 unspecified atom stereocenters. The smallest absolute Gasteiger partial charge is 0.134 e. The SMILES string of the molecule is CCCCCOCCC(C#N)(NC)c1ccccc1. The van der Waals surface area contributed by atoms with Gasteiger partial charge in [-0.3, -0.25) is 5.32 Å². The Hall–Kier alpha value is -1.37. The summed E-state index contributed by atoms with van der Waals surface area (Å²) in [4.78, 5) is 0. The molecule has 0 aliphatic carbocycles. The van der Waals surface area contributed by atoms with Crippen LogP contribution < -0.4 is 5.32 Å². The molecule has 0 fully saturated rings. The van der Waals surface area contributed by atoms with Crippen molar-refractivity contribution >= 4 is 0 Å². The minimum absolute atomic E-state index is 0.604. The molecule has 0 aliphatic heterocycles. The first-order valence-corrected chi connectivity index (χ1v) is 7.02. The van der Waals surface area contributed by atoms with Crippen LogP contribution >= 0.6 is 0 Å². The molecule has 0 heterocycles. The number of nitrogens with one attached hydrogen (secondary N) is 1. The molecule has 3 nitrogen and oxygen atoms in total. The first-order chi connectivity index (χ1) is 9.29. The average Bonchev–Trinajstić information content (AvgIpc) is 2.48. The Kier molecular flexibility index (Phi) is 7.17. The maximum atomic E-state index is 9.50. The van der Waals surface area contributed by atoms with Gasteiger partial charge in [-0.1, -0.05) is 50.1 Å². The summed E-state index contributed by atoms with van der Waals surface area (Å²) in [5.41, 5.74) is 0.351. The predicted molar refractivity (Wildman–Crippen MR) is 77.8 cm³/mol. The van der Waals surface area contributed by atoms with Gasteiger partial charge in [0.1, 0.15) is 5.54 Å². The predicted octanol–water partition coefficient (Wildman–Crippen LogP) is 3.22. The molecule has 0 amide bonds. The summed E-state index contributed by atoms with van der Waals surface area (Å²) >= 11 is 0. The molecule has 1 aromatic carbocycles. The molecular weight excluding hydrogens is 236 g/mol. The third kappa shape index (κ3) is 4.66.